The molecule has 0 aromatic heterocycles. The van der Waals surface area contributed by atoms with Gasteiger partial charge in [0.25, 0.3) is 0 Å². The molecule has 3 nitrogen and oxygen atoms in total. The lowest BCUT2D eigenvalue weighted by molar-refractivity contribution is 0.235. The molecule has 4 N–H and O–H groups in total. The van der Waals surface area contributed by atoms with E-state index >= 15 is 0 Å². The summed E-state index contributed by atoms with van der Waals surface area (Å²) in [5, 5.41) is 0. The number of alkyl halides is 1. The standard InChI is InChI=1S/C20H23FO.C6H12N2/c1-2-22-20-13-9-18(10-14-20)16-5-3-15(4-6-16)17-7-11-19(21)12-8-17;1-3-6(8)4-5(2)7/h3-6,9-10,13-14,17,19H,2,7-8,11-12H2,1H3;3-4H,7-8H2,1-2H3/b;5-4+,6-3+. The molecule has 162 valence electrons. The predicted octanol–water partition coefficient (Wildman–Crippen LogP) is 6.46. The minimum absolute atomic E-state index is 0.529. The summed E-state index contributed by atoms with van der Waals surface area (Å²) in [7, 11) is 0. The van der Waals surface area contributed by atoms with Gasteiger partial charge in [-0.2, -0.15) is 0 Å². The maximum Gasteiger partial charge on any atom is 0.119 e. The third-order valence-corrected chi connectivity index (χ3v) is 5.27. The second-order valence-corrected chi connectivity index (χ2v) is 7.71. The first-order valence-electron chi connectivity index (χ1n) is 10.8. The Labute approximate surface area is 180 Å². The third kappa shape index (κ3) is 7.58. The van der Waals surface area contributed by atoms with Crippen molar-refractivity contribution >= 4 is 0 Å². The average Bonchev–Trinajstić information content (AvgIpc) is 2.75. The Bertz CT molecular complexity index is 813. The number of hydrogen-bond acceptors (Lipinski definition) is 3. The molecular weight excluding hydrogens is 375 g/mol. The molecular formula is C26H35FN2O. The van der Waals surface area contributed by atoms with E-state index in [2.05, 4.69) is 36.4 Å². The monoisotopic (exact) mass is 410 g/mol. The molecule has 2 aromatic carbocycles. The second-order valence-electron chi connectivity index (χ2n) is 7.71. The number of ether oxygens (including phenoxy) is 1. The van der Waals surface area contributed by atoms with Gasteiger partial charge in [-0.3, -0.25) is 0 Å². The number of rotatable bonds is 5. The third-order valence-electron chi connectivity index (χ3n) is 5.27. The van der Waals surface area contributed by atoms with Crippen LogP contribution in [0.25, 0.3) is 11.1 Å². The summed E-state index contributed by atoms with van der Waals surface area (Å²) in [6, 6.07) is 17.0. The summed E-state index contributed by atoms with van der Waals surface area (Å²) in [4.78, 5) is 0. The minimum Gasteiger partial charge on any atom is -0.494 e. The highest BCUT2D eigenvalue weighted by Gasteiger charge is 2.21. The highest BCUT2D eigenvalue weighted by atomic mass is 19.1. The van der Waals surface area contributed by atoms with Crippen LogP contribution >= 0.6 is 0 Å². The van der Waals surface area contributed by atoms with Gasteiger partial charge in [0.05, 0.1) is 6.61 Å². The van der Waals surface area contributed by atoms with Gasteiger partial charge in [0, 0.05) is 11.4 Å². The molecule has 30 heavy (non-hydrogen) atoms. The Morgan fingerprint density at radius 2 is 1.50 bits per heavy atom. The van der Waals surface area contributed by atoms with Crippen LogP contribution in [0.4, 0.5) is 4.39 Å². The summed E-state index contributed by atoms with van der Waals surface area (Å²) in [5.41, 5.74) is 15.9. The predicted molar refractivity (Wildman–Crippen MR) is 125 cm³/mol. The lowest BCUT2D eigenvalue weighted by atomic mass is 9.83. The van der Waals surface area contributed by atoms with Crippen LogP contribution in [-0.2, 0) is 0 Å². The fraction of sp³-hybridized carbons (Fsp3) is 0.385. The number of nitrogens with two attached hydrogens (primary N) is 2. The van der Waals surface area contributed by atoms with E-state index < -0.39 is 6.17 Å². The highest BCUT2D eigenvalue weighted by Crippen LogP contribution is 2.35. The van der Waals surface area contributed by atoms with Gasteiger partial charge in [-0.25, -0.2) is 4.39 Å². The molecule has 0 radical (unpaired) electrons. The van der Waals surface area contributed by atoms with Crippen LogP contribution in [0, 0.1) is 0 Å². The smallest absolute Gasteiger partial charge is 0.119 e. The Morgan fingerprint density at radius 3 is 1.93 bits per heavy atom. The van der Waals surface area contributed by atoms with Crippen molar-refractivity contribution in [3.63, 3.8) is 0 Å². The average molecular weight is 411 g/mol. The largest absolute Gasteiger partial charge is 0.494 e. The van der Waals surface area contributed by atoms with Crippen LogP contribution in [0.1, 0.15) is 57.9 Å². The zero-order valence-electron chi connectivity index (χ0n) is 18.4. The Balaban J connectivity index is 0.000000343. The van der Waals surface area contributed by atoms with Gasteiger partial charge in [0.1, 0.15) is 11.9 Å². The van der Waals surface area contributed by atoms with Crippen LogP contribution in [0.3, 0.4) is 0 Å². The fourth-order valence-electron chi connectivity index (χ4n) is 3.59. The van der Waals surface area contributed by atoms with E-state index in [1.165, 1.54) is 16.7 Å². The first-order valence-corrected chi connectivity index (χ1v) is 10.8. The van der Waals surface area contributed by atoms with Crippen molar-refractivity contribution in [2.24, 2.45) is 11.5 Å². The molecule has 4 heteroatoms. The van der Waals surface area contributed by atoms with Crippen molar-refractivity contribution < 1.29 is 9.13 Å². The normalized spacial score (nSPS) is 19.6. The fourth-order valence-corrected chi connectivity index (χ4v) is 3.59. The van der Waals surface area contributed by atoms with E-state index in [1.807, 2.05) is 26.0 Å². The van der Waals surface area contributed by atoms with Crippen molar-refractivity contribution in [2.45, 2.75) is 58.5 Å². The van der Waals surface area contributed by atoms with Crippen molar-refractivity contribution in [2.75, 3.05) is 6.61 Å². The molecule has 0 atom stereocenters. The summed E-state index contributed by atoms with van der Waals surface area (Å²) >= 11 is 0. The van der Waals surface area contributed by atoms with Crippen molar-refractivity contribution in [3.8, 4) is 16.9 Å². The maximum absolute atomic E-state index is 13.2. The molecule has 0 saturated heterocycles. The highest BCUT2D eigenvalue weighted by molar-refractivity contribution is 5.64. The maximum atomic E-state index is 13.2. The van der Waals surface area contributed by atoms with Gasteiger partial charge < -0.3 is 16.2 Å². The second kappa shape index (κ2) is 12.1. The lowest BCUT2D eigenvalue weighted by Crippen LogP contribution is -2.13. The van der Waals surface area contributed by atoms with Crippen LogP contribution < -0.4 is 16.2 Å². The first kappa shape index (κ1) is 23.5. The zero-order chi connectivity index (χ0) is 21.9. The molecule has 0 unspecified atom stereocenters. The van der Waals surface area contributed by atoms with Crippen molar-refractivity contribution in [3.05, 3.63) is 77.6 Å². The summed E-state index contributed by atoms with van der Waals surface area (Å²) in [5.74, 6) is 1.44. The number of allylic oxidation sites excluding steroid dienone is 3. The Hall–Kier alpha value is -2.75. The molecule has 0 amide bonds. The van der Waals surface area contributed by atoms with E-state index in [-0.39, 0.29) is 0 Å². The number of benzene rings is 2. The minimum atomic E-state index is -0.584. The van der Waals surface area contributed by atoms with Crippen molar-refractivity contribution in [1.29, 1.82) is 0 Å². The van der Waals surface area contributed by atoms with Crippen LogP contribution in [0.15, 0.2) is 72.1 Å². The number of hydrogen-bond donors (Lipinski definition) is 2. The van der Waals surface area contributed by atoms with E-state index in [0.29, 0.717) is 31.1 Å². The summed E-state index contributed by atoms with van der Waals surface area (Å²) in [6.07, 6.45) is 6.32. The van der Waals surface area contributed by atoms with Crippen LogP contribution in [-0.4, -0.2) is 12.8 Å². The molecule has 0 bridgehead atoms. The summed E-state index contributed by atoms with van der Waals surface area (Å²) < 4.78 is 18.7. The van der Waals surface area contributed by atoms with E-state index in [0.717, 1.165) is 24.3 Å². The molecule has 1 saturated carbocycles. The quantitative estimate of drug-likeness (QED) is 0.556. The van der Waals surface area contributed by atoms with Gasteiger partial charge in [-0.1, -0.05) is 42.5 Å². The van der Waals surface area contributed by atoms with E-state index in [1.54, 1.807) is 19.1 Å². The number of halogens is 1. The molecule has 1 aliphatic rings. The molecule has 0 aliphatic heterocycles. The lowest BCUT2D eigenvalue weighted by Gasteiger charge is -2.24. The SMILES string of the molecule is C/C=C(N)\C=C(/C)N.CCOc1ccc(-c2ccc(C3CCC(F)CC3)cc2)cc1. The molecule has 0 spiro atoms. The van der Waals surface area contributed by atoms with E-state index in [9.17, 15) is 4.39 Å². The van der Waals surface area contributed by atoms with Gasteiger partial charge in [-0.15, -0.1) is 0 Å². The van der Waals surface area contributed by atoms with Gasteiger partial charge in [0.2, 0.25) is 0 Å². The molecule has 1 fully saturated rings. The summed E-state index contributed by atoms with van der Waals surface area (Å²) in [6.45, 7) is 6.35. The molecule has 3 rings (SSSR count). The van der Waals surface area contributed by atoms with Crippen molar-refractivity contribution in [1.82, 2.24) is 0 Å². The Kier molecular flexibility index (Phi) is 9.46. The van der Waals surface area contributed by atoms with E-state index in [4.69, 9.17) is 16.2 Å². The first-order chi connectivity index (χ1) is 14.4. The molecule has 1 aliphatic carbocycles. The van der Waals surface area contributed by atoms with Gasteiger partial charge in [-0.05, 0) is 87.3 Å². The van der Waals surface area contributed by atoms with Crippen LogP contribution in [0.5, 0.6) is 5.75 Å². The van der Waals surface area contributed by atoms with Gasteiger partial charge in [0.15, 0.2) is 0 Å². The zero-order valence-corrected chi connectivity index (χ0v) is 18.4. The topological polar surface area (TPSA) is 61.3 Å². The van der Waals surface area contributed by atoms with Gasteiger partial charge >= 0.3 is 0 Å². The molecule has 0 heterocycles. The Morgan fingerprint density at radius 1 is 0.967 bits per heavy atom. The van der Waals surface area contributed by atoms with Crippen LogP contribution in [0.2, 0.25) is 0 Å². The molecule has 2 aromatic rings.